The van der Waals surface area contributed by atoms with Crippen LogP contribution in [0.5, 0.6) is 0 Å². The fraction of sp³-hybridized carbons (Fsp3) is 0. The average Bonchev–Trinajstić information content (AvgIpc) is 3.11. The second-order valence-corrected chi connectivity index (χ2v) is 5.22. The van der Waals surface area contributed by atoms with Crippen molar-refractivity contribution in [1.29, 1.82) is 0 Å². The molecule has 2 aromatic carbocycles. The lowest BCUT2D eigenvalue weighted by atomic mass is 10.2. The first-order valence-corrected chi connectivity index (χ1v) is 7.55. The van der Waals surface area contributed by atoms with Crippen LogP contribution in [0.2, 0.25) is 0 Å². The maximum atomic E-state index is 11.9. The summed E-state index contributed by atoms with van der Waals surface area (Å²) in [5.41, 5.74) is 4.77. The number of carboxylic acids is 1. The van der Waals surface area contributed by atoms with Gasteiger partial charge in [-0.15, -0.1) is 0 Å². The van der Waals surface area contributed by atoms with Crippen LogP contribution in [-0.4, -0.2) is 27.8 Å². The average molecular weight is 333 g/mol. The Kier molecular flexibility index (Phi) is 4.71. The molecular weight excluding hydrogens is 318 g/mol. The van der Waals surface area contributed by atoms with Gasteiger partial charge in [-0.1, -0.05) is 18.2 Å². The van der Waals surface area contributed by atoms with Gasteiger partial charge in [-0.3, -0.25) is 4.79 Å². The molecule has 0 radical (unpaired) electrons. The number of hydrogen-bond acceptors (Lipinski definition) is 3. The molecule has 3 aromatic rings. The predicted octanol–water partition coefficient (Wildman–Crippen LogP) is 2.94. The Hall–Kier alpha value is -3.67. The van der Waals surface area contributed by atoms with Crippen LogP contribution in [0.1, 0.15) is 26.4 Å². The van der Waals surface area contributed by atoms with Crippen LogP contribution in [-0.2, 0) is 0 Å². The Balaban J connectivity index is 1.73. The summed E-state index contributed by atoms with van der Waals surface area (Å²) in [6.07, 6.45) is 3.36. The monoisotopic (exact) mass is 333 g/mol. The molecule has 0 atom stereocenters. The Morgan fingerprint density at radius 3 is 2.32 bits per heavy atom. The lowest BCUT2D eigenvalue weighted by Gasteiger charge is -2.06. The molecule has 3 rings (SSSR count). The van der Waals surface area contributed by atoms with E-state index in [1.807, 2.05) is 29.0 Å². The molecule has 0 aliphatic heterocycles. The SMILES string of the molecule is O=C(O)c1ccc(-n2cccc2C=NNC(=O)c2ccccc2)cc1. The predicted molar refractivity (Wildman–Crippen MR) is 94.2 cm³/mol. The van der Waals surface area contributed by atoms with Gasteiger partial charge in [0.25, 0.3) is 5.91 Å². The van der Waals surface area contributed by atoms with Crippen molar-refractivity contribution in [1.82, 2.24) is 9.99 Å². The van der Waals surface area contributed by atoms with Crippen LogP contribution in [0.3, 0.4) is 0 Å². The molecule has 1 heterocycles. The van der Waals surface area contributed by atoms with Gasteiger partial charge in [0.15, 0.2) is 0 Å². The molecule has 1 aromatic heterocycles. The molecule has 0 saturated heterocycles. The zero-order chi connectivity index (χ0) is 17.6. The van der Waals surface area contributed by atoms with Crippen molar-refractivity contribution < 1.29 is 14.7 Å². The van der Waals surface area contributed by atoms with E-state index in [1.165, 1.54) is 18.3 Å². The lowest BCUT2D eigenvalue weighted by Crippen LogP contribution is -2.17. The molecule has 0 aliphatic carbocycles. The number of benzene rings is 2. The van der Waals surface area contributed by atoms with E-state index in [4.69, 9.17) is 5.11 Å². The summed E-state index contributed by atoms with van der Waals surface area (Å²) in [7, 11) is 0. The molecule has 0 saturated carbocycles. The summed E-state index contributed by atoms with van der Waals surface area (Å²) in [4.78, 5) is 22.9. The molecule has 6 heteroatoms. The van der Waals surface area contributed by atoms with E-state index in [0.717, 1.165) is 11.4 Å². The van der Waals surface area contributed by atoms with Gasteiger partial charge < -0.3 is 9.67 Å². The van der Waals surface area contributed by atoms with Gasteiger partial charge >= 0.3 is 5.97 Å². The van der Waals surface area contributed by atoms with Gasteiger partial charge in [0.05, 0.1) is 17.5 Å². The van der Waals surface area contributed by atoms with Crippen molar-refractivity contribution in [3.8, 4) is 5.69 Å². The summed E-state index contributed by atoms with van der Waals surface area (Å²) in [6.45, 7) is 0. The number of aromatic carboxylic acids is 1. The molecule has 124 valence electrons. The summed E-state index contributed by atoms with van der Waals surface area (Å²) in [6, 6.07) is 19.0. The first-order chi connectivity index (χ1) is 12.1. The number of rotatable bonds is 5. The number of nitrogens with zero attached hydrogens (tertiary/aromatic N) is 2. The fourth-order valence-corrected chi connectivity index (χ4v) is 2.31. The second-order valence-electron chi connectivity index (χ2n) is 5.22. The number of carboxylic acid groups (broad SMARTS) is 1. The molecule has 0 aliphatic rings. The number of hydrazone groups is 1. The van der Waals surface area contributed by atoms with Gasteiger partial charge in [0.1, 0.15) is 0 Å². The Labute approximate surface area is 144 Å². The standard InChI is InChI=1S/C19H15N3O3/c23-18(14-5-2-1-3-6-14)21-20-13-17-7-4-12-22(17)16-10-8-15(9-11-16)19(24)25/h1-13H,(H,21,23)(H,24,25). The van der Waals surface area contributed by atoms with E-state index >= 15 is 0 Å². The Bertz CT molecular complexity index is 913. The number of amides is 1. The summed E-state index contributed by atoms with van der Waals surface area (Å²) < 4.78 is 1.84. The normalized spacial score (nSPS) is 10.7. The smallest absolute Gasteiger partial charge is 0.335 e. The number of aromatic nitrogens is 1. The third-order valence-corrected chi connectivity index (χ3v) is 3.57. The van der Waals surface area contributed by atoms with Crippen LogP contribution < -0.4 is 5.43 Å². The van der Waals surface area contributed by atoms with Crippen LogP contribution in [0.4, 0.5) is 0 Å². The maximum absolute atomic E-state index is 11.9. The topological polar surface area (TPSA) is 83.7 Å². The van der Waals surface area contributed by atoms with E-state index in [-0.39, 0.29) is 11.5 Å². The molecule has 0 spiro atoms. The van der Waals surface area contributed by atoms with Gasteiger partial charge in [-0.05, 0) is 48.5 Å². The molecule has 0 fully saturated rings. The van der Waals surface area contributed by atoms with Crippen molar-refractivity contribution in [2.75, 3.05) is 0 Å². The van der Waals surface area contributed by atoms with Crippen molar-refractivity contribution in [2.45, 2.75) is 0 Å². The molecular formula is C19H15N3O3. The summed E-state index contributed by atoms with van der Waals surface area (Å²) in [5.74, 6) is -1.26. The van der Waals surface area contributed by atoms with Crippen LogP contribution in [0.15, 0.2) is 78.0 Å². The number of carbonyl (C=O) groups is 2. The molecule has 6 nitrogen and oxygen atoms in total. The second kappa shape index (κ2) is 7.27. The third kappa shape index (κ3) is 3.81. The molecule has 25 heavy (non-hydrogen) atoms. The quantitative estimate of drug-likeness (QED) is 0.556. The van der Waals surface area contributed by atoms with Crippen molar-refractivity contribution in [3.05, 3.63) is 89.7 Å². The third-order valence-electron chi connectivity index (χ3n) is 3.57. The highest BCUT2D eigenvalue weighted by Crippen LogP contribution is 2.13. The van der Waals surface area contributed by atoms with Gasteiger partial charge in [0.2, 0.25) is 0 Å². The highest BCUT2D eigenvalue weighted by molar-refractivity contribution is 5.94. The first-order valence-electron chi connectivity index (χ1n) is 7.55. The number of hydrogen-bond donors (Lipinski definition) is 2. The summed E-state index contributed by atoms with van der Waals surface area (Å²) >= 11 is 0. The first kappa shape index (κ1) is 16.2. The van der Waals surface area contributed by atoms with Crippen LogP contribution >= 0.6 is 0 Å². The zero-order valence-corrected chi connectivity index (χ0v) is 13.2. The minimum absolute atomic E-state index is 0.223. The highest BCUT2D eigenvalue weighted by Gasteiger charge is 2.05. The highest BCUT2D eigenvalue weighted by atomic mass is 16.4. The lowest BCUT2D eigenvalue weighted by molar-refractivity contribution is 0.0696. The van der Waals surface area contributed by atoms with E-state index in [2.05, 4.69) is 10.5 Å². The number of carbonyl (C=O) groups excluding carboxylic acids is 1. The van der Waals surface area contributed by atoms with Crippen molar-refractivity contribution in [3.63, 3.8) is 0 Å². The van der Waals surface area contributed by atoms with Crippen LogP contribution in [0.25, 0.3) is 5.69 Å². The molecule has 0 unspecified atom stereocenters. The van der Waals surface area contributed by atoms with E-state index in [1.54, 1.807) is 36.4 Å². The van der Waals surface area contributed by atoms with Crippen molar-refractivity contribution >= 4 is 18.1 Å². The van der Waals surface area contributed by atoms with Gasteiger partial charge in [-0.2, -0.15) is 5.10 Å². The molecule has 1 amide bonds. The number of nitrogens with one attached hydrogen (secondary N) is 1. The van der Waals surface area contributed by atoms with E-state index < -0.39 is 5.97 Å². The minimum Gasteiger partial charge on any atom is -0.478 e. The molecule has 2 N–H and O–H groups in total. The van der Waals surface area contributed by atoms with Gasteiger partial charge in [-0.25, -0.2) is 10.2 Å². The van der Waals surface area contributed by atoms with Gasteiger partial charge in [0, 0.05) is 17.4 Å². The fourth-order valence-electron chi connectivity index (χ4n) is 2.31. The molecule has 0 bridgehead atoms. The van der Waals surface area contributed by atoms with E-state index in [0.29, 0.717) is 5.56 Å². The minimum atomic E-state index is -0.968. The zero-order valence-electron chi connectivity index (χ0n) is 13.2. The Morgan fingerprint density at radius 2 is 1.64 bits per heavy atom. The Morgan fingerprint density at radius 1 is 0.920 bits per heavy atom. The summed E-state index contributed by atoms with van der Waals surface area (Å²) in [5, 5.41) is 12.9. The van der Waals surface area contributed by atoms with E-state index in [9.17, 15) is 9.59 Å². The van der Waals surface area contributed by atoms with Crippen molar-refractivity contribution in [2.24, 2.45) is 5.10 Å². The maximum Gasteiger partial charge on any atom is 0.335 e. The largest absolute Gasteiger partial charge is 0.478 e. The van der Waals surface area contributed by atoms with Crippen LogP contribution in [0, 0.1) is 0 Å².